The van der Waals surface area contributed by atoms with Gasteiger partial charge in [0.2, 0.25) is 6.35 Å². The molecule has 0 aromatic heterocycles. The first-order valence-electron chi connectivity index (χ1n) is 5.35. The molecule has 94 valence electrons. The highest BCUT2D eigenvalue weighted by Gasteiger charge is 2.40. The third-order valence-electron chi connectivity index (χ3n) is 2.63. The fraction of sp³-hybridized carbons (Fsp3) is 0.600. The summed E-state index contributed by atoms with van der Waals surface area (Å²) in [5, 5.41) is 2.99. The SMILES string of the molecule is CNC(=O)N1C=COC1N1CC(SC(C)=O)C1. The zero-order valence-corrected chi connectivity index (χ0v) is 10.6. The average Bonchev–Trinajstić information content (AvgIpc) is 2.69. The van der Waals surface area contributed by atoms with E-state index in [0.29, 0.717) is 5.25 Å². The monoisotopic (exact) mass is 257 g/mol. The Bertz CT molecular complexity index is 355. The van der Waals surface area contributed by atoms with Crippen molar-refractivity contribution in [1.29, 1.82) is 0 Å². The molecule has 0 spiro atoms. The van der Waals surface area contributed by atoms with Gasteiger partial charge in [-0.25, -0.2) is 14.6 Å². The second kappa shape index (κ2) is 4.97. The van der Waals surface area contributed by atoms with E-state index in [1.165, 1.54) is 22.9 Å². The van der Waals surface area contributed by atoms with Crippen LogP contribution in [0.5, 0.6) is 0 Å². The quantitative estimate of drug-likeness (QED) is 0.774. The molecule has 2 amide bonds. The highest BCUT2D eigenvalue weighted by Crippen LogP contribution is 2.28. The summed E-state index contributed by atoms with van der Waals surface area (Å²) in [6.07, 6.45) is 2.74. The molecule has 2 aliphatic rings. The molecule has 17 heavy (non-hydrogen) atoms. The second-order valence-electron chi connectivity index (χ2n) is 3.90. The lowest BCUT2D eigenvalue weighted by Gasteiger charge is -2.43. The van der Waals surface area contributed by atoms with Gasteiger partial charge in [-0.05, 0) is 0 Å². The Morgan fingerprint density at radius 1 is 1.47 bits per heavy atom. The summed E-state index contributed by atoms with van der Waals surface area (Å²) < 4.78 is 5.36. The van der Waals surface area contributed by atoms with Crippen molar-refractivity contribution in [2.45, 2.75) is 18.5 Å². The summed E-state index contributed by atoms with van der Waals surface area (Å²) in [5.74, 6) is 0. The van der Waals surface area contributed by atoms with E-state index in [4.69, 9.17) is 4.74 Å². The molecule has 1 unspecified atom stereocenters. The van der Waals surface area contributed by atoms with Crippen molar-refractivity contribution in [3.05, 3.63) is 12.5 Å². The molecule has 0 radical (unpaired) electrons. The molecule has 1 fully saturated rings. The van der Waals surface area contributed by atoms with E-state index in [1.807, 2.05) is 4.90 Å². The Morgan fingerprint density at radius 2 is 2.18 bits per heavy atom. The number of carbonyl (C=O) groups is 2. The molecule has 1 N–H and O–H groups in total. The molecule has 6 nitrogen and oxygen atoms in total. The third-order valence-corrected chi connectivity index (χ3v) is 3.59. The number of urea groups is 1. The molecule has 2 heterocycles. The van der Waals surface area contributed by atoms with E-state index in [1.54, 1.807) is 20.2 Å². The first-order valence-corrected chi connectivity index (χ1v) is 6.23. The Morgan fingerprint density at radius 3 is 2.76 bits per heavy atom. The van der Waals surface area contributed by atoms with Crippen LogP contribution in [0.4, 0.5) is 4.79 Å². The maximum absolute atomic E-state index is 11.5. The molecule has 0 aromatic carbocycles. The van der Waals surface area contributed by atoms with Crippen LogP contribution in [0.15, 0.2) is 12.5 Å². The number of nitrogens with one attached hydrogen (secondary N) is 1. The number of carbonyl (C=O) groups excluding carboxylic acids is 2. The molecule has 1 saturated heterocycles. The van der Waals surface area contributed by atoms with Crippen LogP contribution < -0.4 is 5.32 Å². The molecule has 0 aliphatic carbocycles. The van der Waals surface area contributed by atoms with Crippen LogP contribution in [-0.2, 0) is 9.53 Å². The second-order valence-corrected chi connectivity index (χ2v) is 5.37. The van der Waals surface area contributed by atoms with Crippen molar-refractivity contribution in [3.63, 3.8) is 0 Å². The standard InChI is InChI=1S/C10H15N3O3S/c1-7(14)17-8-5-12(6-8)10-13(3-4-16-10)9(15)11-2/h3-4,8,10H,5-6H2,1-2H3,(H,11,15). The van der Waals surface area contributed by atoms with Crippen LogP contribution in [0.3, 0.4) is 0 Å². The van der Waals surface area contributed by atoms with Crippen LogP contribution in [0.1, 0.15) is 6.92 Å². The van der Waals surface area contributed by atoms with Gasteiger partial charge in [-0.15, -0.1) is 0 Å². The fourth-order valence-corrected chi connectivity index (χ4v) is 2.83. The van der Waals surface area contributed by atoms with Crippen LogP contribution in [0.2, 0.25) is 0 Å². The molecule has 1 atom stereocenters. The van der Waals surface area contributed by atoms with E-state index >= 15 is 0 Å². The minimum atomic E-state index is -0.376. The lowest BCUT2D eigenvalue weighted by Crippen LogP contribution is -2.60. The van der Waals surface area contributed by atoms with Gasteiger partial charge in [0.25, 0.3) is 0 Å². The van der Waals surface area contributed by atoms with Gasteiger partial charge >= 0.3 is 6.03 Å². The maximum Gasteiger partial charge on any atom is 0.325 e. The lowest BCUT2D eigenvalue weighted by atomic mass is 10.2. The normalized spacial score (nSPS) is 24.4. The molecule has 0 saturated carbocycles. The van der Waals surface area contributed by atoms with Crippen LogP contribution in [0, 0.1) is 0 Å². The van der Waals surface area contributed by atoms with Gasteiger partial charge in [0, 0.05) is 38.5 Å². The van der Waals surface area contributed by atoms with Gasteiger partial charge in [-0.3, -0.25) is 4.79 Å². The van der Waals surface area contributed by atoms with Gasteiger partial charge in [0.1, 0.15) is 6.26 Å². The smallest absolute Gasteiger partial charge is 0.325 e. The molecule has 7 heteroatoms. The van der Waals surface area contributed by atoms with Gasteiger partial charge in [0.05, 0.1) is 0 Å². The molecule has 0 aromatic rings. The summed E-state index contributed by atoms with van der Waals surface area (Å²) in [4.78, 5) is 26.0. The number of hydrogen-bond acceptors (Lipinski definition) is 5. The van der Waals surface area contributed by atoms with Gasteiger partial charge in [-0.1, -0.05) is 11.8 Å². The number of likely N-dealkylation sites (tertiary alicyclic amines) is 1. The Labute approximate surface area is 104 Å². The van der Waals surface area contributed by atoms with E-state index in [-0.39, 0.29) is 17.5 Å². The van der Waals surface area contributed by atoms with Crippen molar-refractivity contribution in [2.24, 2.45) is 0 Å². The predicted octanol–water partition coefficient (Wildman–Crippen LogP) is 0.377. The Hall–Kier alpha value is -1.21. The first kappa shape index (κ1) is 12.3. The summed E-state index contributed by atoms with van der Waals surface area (Å²) in [6.45, 7) is 3.08. The van der Waals surface area contributed by atoms with Crippen molar-refractivity contribution in [2.75, 3.05) is 20.1 Å². The molecular weight excluding hydrogens is 242 g/mol. The van der Waals surface area contributed by atoms with Crippen LogP contribution in [-0.4, -0.2) is 52.7 Å². The van der Waals surface area contributed by atoms with Gasteiger partial charge < -0.3 is 10.1 Å². The van der Waals surface area contributed by atoms with Crippen LogP contribution in [0.25, 0.3) is 0 Å². The number of thioether (sulfide) groups is 1. The van der Waals surface area contributed by atoms with Crippen molar-refractivity contribution < 1.29 is 14.3 Å². The molecule has 2 rings (SSSR count). The lowest BCUT2D eigenvalue weighted by molar-refractivity contribution is -0.109. The van der Waals surface area contributed by atoms with Crippen molar-refractivity contribution in [3.8, 4) is 0 Å². The van der Waals surface area contributed by atoms with Crippen molar-refractivity contribution >= 4 is 22.9 Å². The number of hydrogen-bond donors (Lipinski definition) is 1. The van der Waals surface area contributed by atoms with E-state index in [2.05, 4.69) is 5.32 Å². The summed E-state index contributed by atoms with van der Waals surface area (Å²) in [5.41, 5.74) is 0. The highest BCUT2D eigenvalue weighted by atomic mass is 32.2. The molecule has 2 aliphatic heterocycles. The van der Waals surface area contributed by atoms with E-state index in [9.17, 15) is 9.59 Å². The first-order chi connectivity index (χ1) is 8.11. The summed E-state index contributed by atoms with van der Waals surface area (Å²) in [6, 6.07) is -0.202. The van der Waals surface area contributed by atoms with E-state index < -0.39 is 0 Å². The predicted molar refractivity (Wildman–Crippen MR) is 63.9 cm³/mol. The van der Waals surface area contributed by atoms with Gasteiger partial charge in [-0.2, -0.15) is 0 Å². The zero-order chi connectivity index (χ0) is 12.4. The summed E-state index contributed by atoms with van der Waals surface area (Å²) >= 11 is 1.34. The maximum atomic E-state index is 11.5. The molecule has 0 bridgehead atoms. The number of rotatable bonds is 2. The average molecular weight is 257 g/mol. The van der Waals surface area contributed by atoms with Crippen LogP contribution >= 0.6 is 11.8 Å². The third kappa shape index (κ3) is 2.55. The number of nitrogens with zero attached hydrogens (tertiary/aromatic N) is 2. The summed E-state index contributed by atoms with van der Waals surface area (Å²) in [7, 11) is 1.58. The largest absolute Gasteiger partial charge is 0.463 e. The number of ether oxygens (including phenoxy) is 1. The zero-order valence-electron chi connectivity index (χ0n) is 9.75. The molecular formula is C10H15N3O3S. The van der Waals surface area contributed by atoms with Gasteiger partial charge in [0.15, 0.2) is 5.12 Å². The topological polar surface area (TPSA) is 61.9 Å². The number of amides is 2. The minimum absolute atomic E-state index is 0.128. The Kier molecular flexibility index (Phi) is 3.58. The van der Waals surface area contributed by atoms with Crippen molar-refractivity contribution in [1.82, 2.24) is 15.1 Å². The fourth-order valence-electron chi connectivity index (χ4n) is 1.83. The Balaban J connectivity index is 1.85. The highest BCUT2D eigenvalue weighted by molar-refractivity contribution is 8.14. The van der Waals surface area contributed by atoms with E-state index in [0.717, 1.165) is 13.1 Å². The minimum Gasteiger partial charge on any atom is -0.463 e.